The highest BCUT2D eigenvalue weighted by Gasteiger charge is 2.18. The summed E-state index contributed by atoms with van der Waals surface area (Å²) in [5.74, 6) is 0. The molecular weight excluding hydrogens is 262 g/mol. The molecule has 0 spiro atoms. The van der Waals surface area contributed by atoms with Gasteiger partial charge in [0.15, 0.2) is 0 Å². The van der Waals surface area contributed by atoms with Crippen LogP contribution in [0.2, 0.25) is 0 Å². The van der Waals surface area contributed by atoms with Crippen molar-refractivity contribution in [2.45, 2.75) is 70.8 Å². The summed E-state index contributed by atoms with van der Waals surface area (Å²) in [6.07, 6.45) is 12.8. The standard InChI is InChI=1S/C14H28BrN/c1-14-10-9-13-16(14)12-8-6-4-2-3-5-7-11-15/h14H,2-13H2,1H3. The predicted molar refractivity (Wildman–Crippen MR) is 76.4 cm³/mol. The van der Waals surface area contributed by atoms with E-state index in [-0.39, 0.29) is 0 Å². The first-order valence-corrected chi connectivity index (χ1v) is 8.26. The van der Waals surface area contributed by atoms with Crippen LogP contribution in [0.3, 0.4) is 0 Å². The Morgan fingerprint density at radius 3 is 2.19 bits per heavy atom. The zero-order valence-electron chi connectivity index (χ0n) is 10.9. The fraction of sp³-hybridized carbons (Fsp3) is 1.00. The van der Waals surface area contributed by atoms with Gasteiger partial charge in [-0.15, -0.1) is 0 Å². The Labute approximate surface area is 110 Å². The number of alkyl halides is 1. The summed E-state index contributed by atoms with van der Waals surface area (Å²) < 4.78 is 0. The second-order valence-corrected chi connectivity index (χ2v) is 5.98. The van der Waals surface area contributed by atoms with Gasteiger partial charge < -0.3 is 4.90 Å². The van der Waals surface area contributed by atoms with Crippen LogP contribution in [0.25, 0.3) is 0 Å². The van der Waals surface area contributed by atoms with Crippen LogP contribution in [0.4, 0.5) is 0 Å². The van der Waals surface area contributed by atoms with Gasteiger partial charge in [0.2, 0.25) is 0 Å². The molecule has 1 rings (SSSR count). The van der Waals surface area contributed by atoms with E-state index in [1.807, 2.05) is 0 Å². The first kappa shape index (κ1) is 14.5. The third-order valence-corrected chi connectivity index (χ3v) is 4.33. The van der Waals surface area contributed by atoms with Crippen LogP contribution in [-0.4, -0.2) is 29.4 Å². The first-order chi connectivity index (χ1) is 7.84. The molecule has 16 heavy (non-hydrogen) atoms. The van der Waals surface area contributed by atoms with E-state index in [0.717, 1.165) is 6.04 Å². The molecule has 0 N–H and O–H groups in total. The lowest BCUT2D eigenvalue weighted by Gasteiger charge is -2.20. The summed E-state index contributed by atoms with van der Waals surface area (Å²) in [7, 11) is 0. The Balaban J connectivity index is 1.81. The average Bonchev–Trinajstić information content (AvgIpc) is 2.68. The highest BCUT2D eigenvalue weighted by atomic mass is 79.9. The topological polar surface area (TPSA) is 3.24 Å². The molecule has 1 atom stereocenters. The molecule has 1 saturated heterocycles. The first-order valence-electron chi connectivity index (χ1n) is 7.14. The molecule has 0 radical (unpaired) electrons. The van der Waals surface area contributed by atoms with Crippen LogP contribution in [0.5, 0.6) is 0 Å². The maximum Gasteiger partial charge on any atom is 0.00674 e. The Hall–Kier alpha value is 0.440. The number of likely N-dealkylation sites (tertiary alicyclic amines) is 1. The molecule has 0 aromatic carbocycles. The van der Waals surface area contributed by atoms with Gasteiger partial charge in [0.25, 0.3) is 0 Å². The van der Waals surface area contributed by atoms with E-state index >= 15 is 0 Å². The van der Waals surface area contributed by atoms with Crippen molar-refractivity contribution < 1.29 is 0 Å². The largest absolute Gasteiger partial charge is 0.301 e. The van der Waals surface area contributed by atoms with Crippen LogP contribution >= 0.6 is 15.9 Å². The van der Waals surface area contributed by atoms with Crippen molar-refractivity contribution in [3.63, 3.8) is 0 Å². The van der Waals surface area contributed by atoms with Crippen molar-refractivity contribution >= 4 is 15.9 Å². The third kappa shape index (κ3) is 6.24. The maximum atomic E-state index is 3.48. The Bertz CT molecular complexity index is 161. The average molecular weight is 290 g/mol. The van der Waals surface area contributed by atoms with Gasteiger partial charge in [-0.1, -0.05) is 48.0 Å². The van der Waals surface area contributed by atoms with Gasteiger partial charge >= 0.3 is 0 Å². The lowest BCUT2D eigenvalue weighted by molar-refractivity contribution is 0.262. The molecule has 1 nitrogen and oxygen atoms in total. The quantitative estimate of drug-likeness (QED) is 0.443. The minimum absolute atomic E-state index is 0.860. The highest BCUT2D eigenvalue weighted by molar-refractivity contribution is 9.09. The lowest BCUT2D eigenvalue weighted by atomic mass is 10.1. The molecule has 0 aliphatic carbocycles. The molecule has 0 aromatic rings. The monoisotopic (exact) mass is 289 g/mol. The lowest BCUT2D eigenvalue weighted by Crippen LogP contribution is -2.27. The van der Waals surface area contributed by atoms with Gasteiger partial charge in [0.1, 0.15) is 0 Å². The molecule has 1 aliphatic rings. The number of nitrogens with zero attached hydrogens (tertiary/aromatic N) is 1. The van der Waals surface area contributed by atoms with Crippen LogP contribution < -0.4 is 0 Å². The van der Waals surface area contributed by atoms with Crippen molar-refractivity contribution in [1.29, 1.82) is 0 Å². The molecule has 1 heterocycles. The SMILES string of the molecule is CC1CCCN1CCCCCCCCCBr. The van der Waals surface area contributed by atoms with Crippen LogP contribution in [-0.2, 0) is 0 Å². The van der Waals surface area contributed by atoms with Gasteiger partial charge in [0.05, 0.1) is 0 Å². The van der Waals surface area contributed by atoms with E-state index in [9.17, 15) is 0 Å². The van der Waals surface area contributed by atoms with Crippen molar-refractivity contribution in [2.24, 2.45) is 0 Å². The zero-order valence-corrected chi connectivity index (χ0v) is 12.5. The zero-order chi connectivity index (χ0) is 11.6. The van der Waals surface area contributed by atoms with E-state index in [1.165, 1.54) is 76.2 Å². The summed E-state index contributed by atoms with van der Waals surface area (Å²) in [6, 6.07) is 0.860. The fourth-order valence-corrected chi connectivity index (χ4v) is 3.01. The molecule has 1 unspecified atom stereocenters. The van der Waals surface area contributed by atoms with E-state index in [2.05, 4.69) is 27.8 Å². The molecule has 0 aromatic heterocycles. The van der Waals surface area contributed by atoms with Crippen LogP contribution in [0.15, 0.2) is 0 Å². The second kappa shape index (κ2) is 9.47. The van der Waals surface area contributed by atoms with E-state index in [0.29, 0.717) is 0 Å². The van der Waals surface area contributed by atoms with Gasteiger partial charge in [-0.2, -0.15) is 0 Å². The number of unbranched alkanes of at least 4 members (excludes halogenated alkanes) is 6. The molecule has 0 saturated carbocycles. The number of halogens is 1. The minimum Gasteiger partial charge on any atom is -0.301 e. The third-order valence-electron chi connectivity index (χ3n) is 3.77. The van der Waals surface area contributed by atoms with Crippen molar-refractivity contribution in [2.75, 3.05) is 18.4 Å². The molecule has 1 aliphatic heterocycles. The maximum absolute atomic E-state index is 3.48. The number of hydrogen-bond donors (Lipinski definition) is 0. The van der Waals surface area contributed by atoms with Crippen molar-refractivity contribution in [3.05, 3.63) is 0 Å². The van der Waals surface area contributed by atoms with Gasteiger partial charge in [-0.05, 0) is 45.7 Å². The van der Waals surface area contributed by atoms with Gasteiger partial charge in [-0.3, -0.25) is 0 Å². The molecular formula is C14H28BrN. The van der Waals surface area contributed by atoms with Crippen molar-refractivity contribution in [1.82, 2.24) is 4.90 Å². The van der Waals surface area contributed by atoms with Crippen LogP contribution in [0.1, 0.15) is 64.7 Å². The predicted octanol–water partition coefficient (Wildman–Crippen LogP) is 4.60. The van der Waals surface area contributed by atoms with Gasteiger partial charge in [-0.25, -0.2) is 0 Å². The fourth-order valence-electron chi connectivity index (χ4n) is 2.62. The highest BCUT2D eigenvalue weighted by Crippen LogP contribution is 2.17. The minimum atomic E-state index is 0.860. The van der Waals surface area contributed by atoms with E-state index in [4.69, 9.17) is 0 Å². The van der Waals surface area contributed by atoms with Crippen LogP contribution in [0, 0.1) is 0 Å². The molecule has 1 fully saturated rings. The second-order valence-electron chi connectivity index (χ2n) is 5.19. The summed E-state index contributed by atoms with van der Waals surface area (Å²) in [4.78, 5) is 2.67. The number of hydrogen-bond acceptors (Lipinski definition) is 1. The summed E-state index contributed by atoms with van der Waals surface area (Å²) >= 11 is 3.48. The summed E-state index contributed by atoms with van der Waals surface area (Å²) in [6.45, 7) is 5.09. The molecule has 96 valence electrons. The normalized spacial score (nSPS) is 21.8. The Morgan fingerprint density at radius 2 is 1.62 bits per heavy atom. The van der Waals surface area contributed by atoms with Crippen molar-refractivity contribution in [3.8, 4) is 0 Å². The Morgan fingerprint density at radius 1 is 1.00 bits per heavy atom. The summed E-state index contributed by atoms with van der Waals surface area (Å²) in [5.41, 5.74) is 0. The molecule has 0 amide bonds. The van der Waals surface area contributed by atoms with E-state index in [1.54, 1.807) is 0 Å². The summed E-state index contributed by atoms with van der Waals surface area (Å²) in [5, 5.41) is 1.18. The van der Waals surface area contributed by atoms with Gasteiger partial charge in [0, 0.05) is 11.4 Å². The molecule has 0 bridgehead atoms. The molecule has 2 heteroatoms. The Kier molecular flexibility index (Phi) is 8.58. The smallest absolute Gasteiger partial charge is 0.00674 e. The van der Waals surface area contributed by atoms with E-state index < -0.39 is 0 Å². The number of rotatable bonds is 9.